The minimum Gasteiger partial charge on any atom is -0.476 e. The smallest absolute Gasteiger partial charge is 0.356 e. The Kier molecular flexibility index (Phi) is 5.73. The van der Waals surface area contributed by atoms with Gasteiger partial charge >= 0.3 is 5.97 Å². The second-order valence-corrected chi connectivity index (χ2v) is 5.57. The standard InChI is InChI=1S/C14H23N3O2/c1-4-5-6-7-14(2,3)10-16-12-9-15-8-11(17-12)13(18)19/h8-9H,4-7,10H2,1-3H3,(H,16,17)(H,18,19). The van der Waals surface area contributed by atoms with Crippen LogP contribution in [0.4, 0.5) is 5.82 Å². The fourth-order valence-corrected chi connectivity index (χ4v) is 1.83. The Morgan fingerprint density at radius 2 is 2.11 bits per heavy atom. The van der Waals surface area contributed by atoms with Crippen molar-refractivity contribution in [2.24, 2.45) is 5.41 Å². The first-order valence-corrected chi connectivity index (χ1v) is 6.74. The molecular formula is C14H23N3O2. The zero-order chi connectivity index (χ0) is 14.3. The molecule has 0 aliphatic carbocycles. The molecule has 5 nitrogen and oxygen atoms in total. The predicted molar refractivity (Wildman–Crippen MR) is 75.4 cm³/mol. The summed E-state index contributed by atoms with van der Waals surface area (Å²) in [5.74, 6) is -0.540. The van der Waals surface area contributed by atoms with Gasteiger partial charge in [-0.15, -0.1) is 0 Å². The van der Waals surface area contributed by atoms with Gasteiger partial charge in [0.05, 0.1) is 12.4 Å². The first-order chi connectivity index (χ1) is 8.94. The van der Waals surface area contributed by atoms with Crippen LogP contribution in [0.1, 0.15) is 56.9 Å². The van der Waals surface area contributed by atoms with Crippen molar-refractivity contribution in [2.75, 3.05) is 11.9 Å². The van der Waals surface area contributed by atoms with Crippen molar-refractivity contribution in [3.8, 4) is 0 Å². The van der Waals surface area contributed by atoms with Gasteiger partial charge in [0.25, 0.3) is 0 Å². The van der Waals surface area contributed by atoms with Crippen molar-refractivity contribution in [3.05, 3.63) is 18.1 Å². The van der Waals surface area contributed by atoms with Gasteiger partial charge in [0.2, 0.25) is 0 Å². The van der Waals surface area contributed by atoms with E-state index in [1.165, 1.54) is 25.5 Å². The lowest BCUT2D eigenvalue weighted by molar-refractivity contribution is 0.0690. The van der Waals surface area contributed by atoms with Crippen LogP contribution in [0, 0.1) is 5.41 Å². The van der Waals surface area contributed by atoms with E-state index in [0.29, 0.717) is 5.82 Å². The molecular weight excluding hydrogens is 242 g/mol. The molecule has 0 bridgehead atoms. The summed E-state index contributed by atoms with van der Waals surface area (Å²) in [6, 6.07) is 0. The SMILES string of the molecule is CCCCCC(C)(C)CNc1cncc(C(=O)O)n1. The minimum absolute atomic E-state index is 0.0335. The number of anilines is 1. The molecule has 0 aliphatic heterocycles. The van der Waals surface area contributed by atoms with Gasteiger partial charge in [-0.2, -0.15) is 0 Å². The number of carboxylic acid groups (broad SMARTS) is 1. The van der Waals surface area contributed by atoms with Crippen molar-refractivity contribution in [1.29, 1.82) is 0 Å². The number of hydrogen-bond acceptors (Lipinski definition) is 4. The predicted octanol–water partition coefficient (Wildman–Crippen LogP) is 3.19. The molecule has 0 radical (unpaired) electrons. The molecule has 1 heterocycles. The average Bonchev–Trinajstić information content (AvgIpc) is 2.37. The molecule has 0 aliphatic rings. The molecule has 0 unspecified atom stereocenters. The van der Waals surface area contributed by atoms with E-state index < -0.39 is 5.97 Å². The highest BCUT2D eigenvalue weighted by Gasteiger charge is 2.17. The van der Waals surface area contributed by atoms with E-state index in [-0.39, 0.29) is 11.1 Å². The number of nitrogens with one attached hydrogen (secondary N) is 1. The molecule has 106 valence electrons. The van der Waals surface area contributed by atoms with Crippen LogP contribution in [-0.4, -0.2) is 27.6 Å². The molecule has 1 rings (SSSR count). The van der Waals surface area contributed by atoms with Crippen molar-refractivity contribution in [2.45, 2.75) is 46.5 Å². The quantitative estimate of drug-likeness (QED) is 0.706. The lowest BCUT2D eigenvalue weighted by Gasteiger charge is -2.25. The Bertz CT molecular complexity index is 419. The first-order valence-electron chi connectivity index (χ1n) is 6.74. The first kappa shape index (κ1) is 15.4. The van der Waals surface area contributed by atoms with Crippen LogP contribution in [0.2, 0.25) is 0 Å². The Balaban J connectivity index is 2.51. The molecule has 0 fully saturated rings. The molecule has 19 heavy (non-hydrogen) atoms. The van der Waals surface area contributed by atoms with Crippen molar-refractivity contribution < 1.29 is 9.90 Å². The van der Waals surface area contributed by atoms with E-state index in [4.69, 9.17) is 5.11 Å². The highest BCUT2D eigenvalue weighted by Crippen LogP contribution is 2.24. The maximum Gasteiger partial charge on any atom is 0.356 e. The van der Waals surface area contributed by atoms with Crippen LogP contribution < -0.4 is 5.32 Å². The molecule has 2 N–H and O–H groups in total. The molecule has 1 aromatic heterocycles. The summed E-state index contributed by atoms with van der Waals surface area (Å²) in [5, 5.41) is 12.0. The van der Waals surface area contributed by atoms with Crippen LogP contribution in [0.15, 0.2) is 12.4 Å². The van der Waals surface area contributed by atoms with E-state index >= 15 is 0 Å². The largest absolute Gasteiger partial charge is 0.476 e. The summed E-state index contributed by atoms with van der Waals surface area (Å²) < 4.78 is 0. The molecule has 0 saturated carbocycles. The molecule has 0 aromatic carbocycles. The summed E-state index contributed by atoms with van der Waals surface area (Å²) in [7, 11) is 0. The van der Waals surface area contributed by atoms with Crippen molar-refractivity contribution >= 4 is 11.8 Å². The number of nitrogens with zero attached hydrogens (tertiary/aromatic N) is 2. The van der Waals surface area contributed by atoms with Crippen LogP contribution in [0.25, 0.3) is 0 Å². The van der Waals surface area contributed by atoms with Gasteiger partial charge in [-0.3, -0.25) is 4.98 Å². The molecule has 1 aromatic rings. The summed E-state index contributed by atoms with van der Waals surface area (Å²) >= 11 is 0. The summed E-state index contributed by atoms with van der Waals surface area (Å²) in [6.45, 7) is 7.35. The van der Waals surface area contributed by atoms with Gasteiger partial charge in [0.15, 0.2) is 5.69 Å². The third-order valence-corrected chi connectivity index (χ3v) is 3.06. The number of carboxylic acids is 1. The number of hydrogen-bond donors (Lipinski definition) is 2. The van der Waals surface area contributed by atoms with Crippen LogP contribution in [-0.2, 0) is 0 Å². The van der Waals surface area contributed by atoms with E-state index in [2.05, 4.69) is 36.1 Å². The molecule has 0 saturated heterocycles. The third-order valence-electron chi connectivity index (χ3n) is 3.06. The second-order valence-electron chi connectivity index (χ2n) is 5.57. The summed E-state index contributed by atoms with van der Waals surface area (Å²) in [4.78, 5) is 18.7. The molecule has 5 heteroatoms. The maximum atomic E-state index is 10.8. The van der Waals surface area contributed by atoms with Gasteiger partial charge in [-0.25, -0.2) is 9.78 Å². The monoisotopic (exact) mass is 265 g/mol. The number of aromatic carboxylic acids is 1. The van der Waals surface area contributed by atoms with Gasteiger partial charge in [0.1, 0.15) is 5.82 Å². The number of unbranched alkanes of at least 4 members (excludes halogenated alkanes) is 2. The number of carbonyl (C=O) groups is 1. The zero-order valence-electron chi connectivity index (χ0n) is 11.9. The number of rotatable bonds is 8. The lowest BCUT2D eigenvalue weighted by Crippen LogP contribution is -2.23. The Morgan fingerprint density at radius 3 is 2.74 bits per heavy atom. The van der Waals surface area contributed by atoms with Crippen LogP contribution >= 0.6 is 0 Å². The van der Waals surface area contributed by atoms with E-state index in [1.807, 2.05) is 0 Å². The van der Waals surface area contributed by atoms with E-state index in [9.17, 15) is 4.79 Å². The summed E-state index contributed by atoms with van der Waals surface area (Å²) in [6.07, 6.45) is 7.62. The zero-order valence-corrected chi connectivity index (χ0v) is 11.9. The Labute approximate surface area is 114 Å². The van der Waals surface area contributed by atoms with Gasteiger partial charge in [0, 0.05) is 6.54 Å². The third kappa shape index (κ3) is 5.68. The molecule has 0 amide bonds. The topological polar surface area (TPSA) is 75.1 Å². The van der Waals surface area contributed by atoms with E-state index in [1.54, 1.807) is 6.20 Å². The molecule has 0 atom stereocenters. The van der Waals surface area contributed by atoms with Crippen LogP contribution in [0.3, 0.4) is 0 Å². The van der Waals surface area contributed by atoms with Gasteiger partial charge in [-0.1, -0.05) is 40.0 Å². The summed E-state index contributed by atoms with van der Waals surface area (Å²) in [5.41, 5.74) is 0.129. The highest BCUT2D eigenvalue weighted by molar-refractivity contribution is 5.85. The van der Waals surface area contributed by atoms with Crippen molar-refractivity contribution in [1.82, 2.24) is 9.97 Å². The fourth-order valence-electron chi connectivity index (χ4n) is 1.83. The molecule has 0 spiro atoms. The highest BCUT2D eigenvalue weighted by atomic mass is 16.4. The Hall–Kier alpha value is -1.65. The van der Waals surface area contributed by atoms with Gasteiger partial charge in [-0.05, 0) is 11.8 Å². The number of aromatic nitrogens is 2. The van der Waals surface area contributed by atoms with E-state index in [0.717, 1.165) is 13.0 Å². The van der Waals surface area contributed by atoms with Gasteiger partial charge < -0.3 is 10.4 Å². The van der Waals surface area contributed by atoms with Crippen molar-refractivity contribution in [3.63, 3.8) is 0 Å². The van der Waals surface area contributed by atoms with Crippen LogP contribution in [0.5, 0.6) is 0 Å². The maximum absolute atomic E-state index is 10.8. The Morgan fingerprint density at radius 1 is 1.37 bits per heavy atom. The fraction of sp³-hybridized carbons (Fsp3) is 0.643. The lowest BCUT2D eigenvalue weighted by atomic mass is 9.87. The minimum atomic E-state index is -1.06. The average molecular weight is 265 g/mol. The second kappa shape index (κ2) is 7.07. The normalized spacial score (nSPS) is 11.3.